The third-order valence-electron chi connectivity index (χ3n) is 4.01. The maximum absolute atomic E-state index is 3.84. The van der Waals surface area contributed by atoms with Crippen LogP contribution in [0.25, 0.3) is 0 Å². The van der Waals surface area contributed by atoms with Gasteiger partial charge in [-0.3, -0.25) is 0 Å². The molecule has 1 heterocycles. The topological polar surface area (TPSA) is 12.0 Å². The first-order chi connectivity index (χ1) is 8.27. The van der Waals surface area contributed by atoms with Crippen LogP contribution >= 0.6 is 11.3 Å². The summed E-state index contributed by atoms with van der Waals surface area (Å²) in [6, 6.07) is 5.52. The molecule has 1 saturated carbocycles. The average molecular weight is 265 g/mol. The minimum Gasteiger partial charge on any atom is -0.307 e. The molecule has 102 valence electrons. The van der Waals surface area contributed by atoms with Crippen molar-refractivity contribution in [3.05, 3.63) is 22.4 Å². The molecule has 0 radical (unpaired) electrons. The van der Waals surface area contributed by atoms with E-state index < -0.39 is 0 Å². The highest BCUT2D eigenvalue weighted by Crippen LogP contribution is 2.46. The van der Waals surface area contributed by atoms with Gasteiger partial charge in [-0.2, -0.15) is 0 Å². The molecule has 1 atom stereocenters. The lowest BCUT2D eigenvalue weighted by molar-refractivity contribution is 0.0813. The first-order valence-corrected chi connectivity index (χ1v) is 7.95. The van der Waals surface area contributed by atoms with Crippen LogP contribution in [0.15, 0.2) is 17.5 Å². The van der Waals surface area contributed by atoms with Crippen LogP contribution in [-0.2, 0) is 0 Å². The highest BCUT2D eigenvalue weighted by Gasteiger charge is 2.38. The van der Waals surface area contributed by atoms with Gasteiger partial charge in [-0.05, 0) is 48.5 Å². The third kappa shape index (κ3) is 3.58. The van der Waals surface area contributed by atoms with Crippen molar-refractivity contribution in [1.82, 2.24) is 5.32 Å². The second-order valence-corrected chi connectivity index (χ2v) is 8.49. The van der Waals surface area contributed by atoms with Crippen molar-refractivity contribution in [2.24, 2.45) is 10.8 Å². The Hall–Kier alpha value is -0.340. The second-order valence-electron chi connectivity index (χ2n) is 7.51. The summed E-state index contributed by atoms with van der Waals surface area (Å²) in [6.07, 6.45) is 3.93. The number of hydrogen-bond acceptors (Lipinski definition) is 2. The normalized spacial score (nSPS) is 24.9. The lowest BCUT2D eigenvalue weighted by Crippen LogP contribution is -2.44. The molecule has 1 fully saturated rings. The van der Waals surface area contributed by atoms with Crippen LogP contribution in [-0.4, -0.2) is 6.04 Å². The van der Waals surface area contributed by atoms with E-state index in [1.54, 1.807) is 0 Å². The van der Waals surface area contributed by atoms with Crippen LogP contribution in [0.4, 0.5) is 0 Å². The fourth-order valence-electron chi connectivity index (χ4n) is 3.94. The Morgan fingerprint density at radius 1 is 1.22 bits per heavy atom. The molecule has 0 aliphatic heterocycles. The van der Waals surface area contributed by atoms with E-state index in [-0.39, 0.29) is 0 Å². The third-order valence-corrected chi connectivity index (χ3v) is 5.07. The van der Waals surface area contributed by atoms with Gasteiger partial charge in [-0.25, -0.2) is 0 Å². The lowest BCUT2D eigenvalue weighted by Gasteiger charge is -2.46. The van der Waals surface area contributed by atoms with Crippen molar-refractivity contribution in [2.45, 2.75) is 66.0 Å². The average Bonchev–Trinajstić information content (AvgIpc) is 2.63. The predicted octanol–water partition coefficient (Wildman–Crippen LogP) is 5.00. The largest absolute Gasteiger partial charge is 0.307 e. The van der Waals surface area contributed by atoms with Crippen molar-refractivity contribution in [1.29, 1.82) is 0 Å². The molecule has 1 aliphatic carbocycles. The Morgan fingerprint density at radius 2 is 1.83 bits per heavy atom. The van der Waals surface area contributed by atoms with Crippen LogP contribution in [0.3, 0.4) is 0 Å². The van der Waals surface area contributed by atoms with E-state index in [4.69, 9.17) is 0 Å². The maximum Gasteiger partial charge on any atom is 0.0388 e. The van der Waals surface area contributed by atoms with E-state index in [9.17, 15) is 0 Å². The van der Waals surface area contributed by atoms with E-state index in [0.717, 1.165) is 0 Å². The Balaban J connectivity index is 2.01. The molecule has 1 N–H and O–H groups in total. The highest BCUT2D eigenvalue weighted by molar-refractivity contribution is 7.10. The van der Waals surface area contributed by atoms with Crippen LogP contribution in [0.1, 0.15) is 64.8 Å². The van der Waals surface area contributed by atoms with Crippen LogP contribution in [0.2, 0.25) is 0 Å². The molecular weight excluding hydrogens is 238 g/mol. The molecule has 0 saturated heterocycles. The molecule has 2 heteroatoms. The summed E-state index contributed by atoms with van der Waals surface area (Å²) in [4.78, 5) is 1.45. The van der Waals surface area contributed by atoms with Crippen LogP contribution in [0, 0.1) is 10.8 Å². The SMILES string of the molecule is CC(NC1CC(C)(C)CC(C)(C)C1)c1cccs1. The maximum atomic E-state index is 3.84. The van der Waals surface area contributed by atoms with Gasteiger partial charge in [0, 0.05) is 17.0 Å². The van der Waals surface area contributed by atoms with Crippen molar-refractivity contribution in [3.8, 4) is 0 Å². The molecule has 0 aromatic carbocycles. The Labute approximate surface area is 116 Å². The summed E-state index contributed by atoms with van der Waals surface area (Å²) >= 11 is 1.86. The summed E-state index contributed by atoms with van der Waals surface area (Å²) in [5.74, 6) is 0. The molecule has 1 aromatic rings. The zero-order valence-electron chi connectivity index (χ0n) is 12.4. The number of thiophene rings is 1. The molecule has 1 unspecified atom stereocenters. The van der Waals surface area contributed by atoms with Gasteiger partial charge in [0.25, 0.3) is 0 Å². The second kappa shape index (κ2) is 4.97. The van der Waals surface area contributed by atoms with Crippen LogP contribution in [0.5, 0.6) is 0 Å². The van der Waals surface area contributed by atoms with Crippen molar-refractivity contribution >= 4 is 11.3 Å². The van der Waals surface area contributed by atoms with Gasteiger partial charge >= 0.3 is 0 Å². The fraction of sp³-hybridized carbons (Fsp3) is 0.750. The van der Waals surface area contributed by atoms with Gasteiger partial charge in [0.2, 0.25) is 0 Å². The van der Waals surface area contributed by atoms with Gasteiger partial charge in [0.15, 0.2) is 0 Å². The Morgan fingerprint density at radius 3 is 2.33 bits per heavy atom. The summed E-state index contributed by atoms with van der Waals surface area (Å²) in [5, 5.41) is 6.01. The minimum atomic E-state index is 0.467. The van der Waals surface area contributed by atoms with Crippen molar-refractivity contribution in [3.63, 3.8) is 0 Å². The zero-order chi connectivity index (χ0) is 13.4. The van der Waals surface area contributed by atoms with Crippen LogP contribution < -0.4 is 5.32 Å². The summed E-state index contributed by atoms with van der Waals surface area (Å²) in [5.41, 5.74) is 0.934. The number of nitrogens with one attached hydrogen (secondary N) is 1. The lowest BCUT2D eigenvalue weighted by atomic mass is 9.63. The standard InChI is InChI=1S/C16H27NS/c1-12(14-7-6-8-18-14)17-13-9-15(2,3)11-16(4,5)10-13/h6-8,12-13,17H,9-11H2,1-5H3. The highest BCUT2D eigenvalue weighted by atomic mass is 32.1. The minimum absolute atomic E-state index is 0.467. The Kier molecular flexibility index (Phi) is 3.89. The molecule has 1 aliphatic rings. The first kappa shape index (κ1) is 14.1. The van der Waals surface area contributed by atoms with Gasteiger partial charge in [0.1, 0.15) is 0 Å². The van der Waals surface area contributed by atoms with Gasteiger partial charge in [0.05, 0.1) is 0 Å². The number of hydrogen-bond donors (Lipinski definition) is 1. The van der Waals surface area contributed by atoms with Gasteiger partial charge in [-0.1, -0.05) is 33.8 Å². The first-order valence-electron chi connectivity index (χ1n) is 7.07. The van der Waals surface area contributed by atoms with E-state index in [0.29, 0.717) is 22.9 Å². The molecule has 2 rings (SSSR count). The molecular formula is C16H27NS. The number of rotatable bonds is 3. The predicted molar refractivity (Wildman–Crippen MR) is 81.1 cm³/mol. The summed E-state index contributed by atoms with van der Waals surface area (Å²) in [6.45, 7) is 12.0. The van der Waals surface area contributed by atoms with Gasteiger partial charge < -0.3 is 5.32 Å². The summed E-state index contributed by atoms with van der Waals surface area (Å²) < 4.78 is 0. The molecule has 0 amide bonds. The Bertz CT molecular complexity index is 362. The van der Waals surface area contributed by atoms with Crippen molar-refractivity contribution in [2.75, 3.05) is 0 Å². The zero-order valence-corrected chi connectivity index (χ0v) is 13.2. The van der Waals surface area contributed by atoms with Gasteiger partial charge in [-0.15, -0.1) is 11.3 Å². The van der Waals surface area contributed by atoms with E-state index in [2.05, 4.69) is 57.4 Å². The molecule has 0 spiro atoms. The fourth-order valence-corrected chi connectivity index (χ4v) is 4.68. The molecule has 0 bridgehead atoms. The monoisotopic (exact) mass is 265 g/mol. The molecule has 1 nitrogen and oxygen atoms in total. The molecule has 1 aromatic heterocycles. The summed E-state index contributed by atoms with van der Waals surface area (Å²) in [7, 11) is 0. The van der Waals surface area contributed by atoms with E-state index >= 15 is 0 Å². The van der Waals surface area contributed by atoms with Crippen molar-refractivity contribution < 1.29 is 0 Å². The molecule has 18 heavy (non-hydrogen) atoms. The van der Waals surface area contributed by atoms with E-state index in [1.807, 2.05) is 11.3 Å². The quantitative estimate of drug-likeness (QED) is 0.810. The smallest absolute Gasteiger partial charge is 0.0388 e. The van der Waals surface area contributed by atoms with E-state index in [1.165, 1.54) is 24.1 Å².